The molecule has 8 nitrogen and oxygen atoms in total. The summed E-state index contributed by atoms with van der Waals surface area (Å²) in [7, 11) is 3.06. The SMILES string of the molecule is Cn1c(=O)c2c(ncn2Cc2csc(-c3ccoc3)n2)n(C)c1=O. The molecule has 9 heteroatoms. The molecule has 4 aromatic rings. The standard InChI is InChI=1S/C15H13N5O3S/c1-18-12-11(14(21)19(2)15(18)22)20(8-16-12)5-10-7-24-13(17-10)9-3-4-23-6-9/h3-4,6-8H,5H2,1-2H3. The lowest BCUT2D eigenvalue weighted by molar-refractivity contribution is 0.568. The largest absolute Gasteiger partial charge is 0.472 e. The fourth-order valence-electron chi connectivity index (χ4n) is 2.59. The molecule has 4 rings (SSSR count). The minimum Gasteiger partial charge on any atom is -0.472 e. The third-order valence-electron chi connectivity index (χ3n) is 3.87. The number of hydrogen-bond acceptors (Lipinski definition) is 6. The second-order valence-corrected chi connectivity index (χ2v) is 6.26. The van der Waals surface area contributed by atoms with E-state index in [2.05, 4.69) is 9.97 Å². The lowest BCUT2D eigenvalue weighted by Crippen LogP contribution is -2.37. The topological polar surface area (TPSA) is 87.8 Å². The molecule has 0 radical (unpaired) electrons. The molecule has 0 unspecified atom stereocenters. The second-order valence-electron chi connectivity index (χ2n) is 5.41. The number of nitrogens with zero attached hydrogens (tertiary/aromatic N) is 5. The minimum atomic E-state index is -0.395. The van der Waals surface area contributed by atoms with Crippen molar-refractivity contribution in [2.45, 2.75) is 6.54 Å². The van der Waals surface area contributed by atoms with Crippen LogP contribution >= 0.6 is 11.3 Å². The number of rotatable bonds is 3. The van der Waals surface area contributed by atoms with Gasteiger partial charge in [0, 0.05) is 25.0 Å². The van der Waals surface area contributed by atoms with Gasteiger partial charge in [0.15, 0.2) is 11.2 Å². The number of fused-ring (bicyclic) bond motifs is 1. The summed E-state index contributed by atoms with van der Waals surface area (Å²) in [6.07, 6.45) is 4.80. The van der Waals surface area contributed by atoms with Crippen LogP contribution in [0.15, 0.2) is 44.3 Å². The molecule has 0 N–H and O–H groups in total. The van der Waals surface area contributed by atoms with Crippen molar-refractivity contribution in [1.29, 1.82) is 0 Å². The molecular weight excluding hydrogens is 330 g/mol. The van der Waals surface area contributed by atoms with Gasteiger partial charge in [0.25, 0.3) is 5.56 Å². The van der Waals surface area contributed by atoms with Gasteiger partial charge in [0.2, 0.25) is 0 Å². The van der Waals surface area contributed by atoms with E-state index in [1.165, 1.54) is 23.0 Å². The Labute approximate surface area is 139 Å². The molecule has 0 aliphatic carbocycles. The molecule has 24 heavy (non-hydrogen) atoms. The molecule has 0 saturated heterocycles. The number of imidazole rings is 1. The third kappa shape index (κ3) is 2.13. The van der Waals surface area contributed by atoms with E-state index < -0.39 is 5.69 Å². The maximum Gasteiger partial charge on any atom is 0.332 e. The summed E-state index contributed by atoms with van der Waals surface area (Å²) < 4.78 is 9.23. The molecule has 0 fully saturated rings. The quantitative estimate of drug-likeness (QED) is 0.558. The summed E-state index contributed by atoms with van der Waals surface area (Å²) in [5.41, 5.74) is 1.72. The highest BCUT2D eigenvalue weighted by atomic mass is 32.1. The lowest BCUT2D eigenvalue weighted by Gasteiger charge is -2.05. The van der Waals surface area contributed by atoms with Gasteiger partial charge in [0.1, 0.15) is 11.3 Å². The maximum absolute atomic E-state index is 12.4. The van der Waals surface area contributed by atoms with Crippen molar-refractivity contribution < 1.29 is 4.42 Å². The van der Waals surface area contributed by atoms with Gasteiger partial charge in [-0.3, -0.25) is 13.9 Å². The molecule has 0 aromatic carbocycles. The van der Waals surface area contributed by atoms with E-state index in [4.69, 9.17) is 4.42 Å². The average Bonchev–Trinajstić information content (AvgIpc) is 3.31. The number of hydrogen-bond donors (Lipinski definition) is 0. The molecule has 0 atom stereocenters. The first-order valence-corrected chi connectivity index (χ1v) is 8.02. The van der Waals surface area contributed by atoms with Crippen molar-refractivity contribution in [2.24, 2.45) is 14.1 Å². The van der Waals surface area contributed by atoms with Crippen molar-refractivity contribution in [2.75, 3.05) is 0 Å². The van der Waals surface area contributed by atoms with Crippen molar-refractivity contribution >= 4 is 22.5 Å². The highest BCUT2D eigenvalue weighted by Gasteiger charge is 2.15. The monoisotopic (exact) mass is 343 g/mol. The van der Waals surface area contributed by atoms with Gasteiger partial charge >= 0.3 is 5.69 Å². The van der Waals surface area contributed by atoms with Crippen LogP contribution in [0.4, 0.5) is 0 Å². The first-order chi connectivity index (χ1) is 11.6. The molecule has 122 valence electrons. The van der Waals surface area contributed by atoms with Crippen LogP contribution in [-0.4, -0.2) is 23.7 Å². The Morgan fingerprint density at radius 3 is 2.83 bits per heavy atom. The van der Waals surface area contributed by atoms with Gasteiger partial charge in [0.05, 0.1) is 24.8 Å². The van der Waals surface area contributed by atoms with Gasteiger partial charge in [-0.1, -0.05) is 0 Å². The molecule has 0 saturated carbocycles. The van der Waals surface area contributed by atoms with Gasteiger partial charge < -0.3 is 8.98 Å². The van der Waals surface area contributed by atoms with Crippen LogP contribution in [0.2, 0.25) is 0 Å². The van der Waals surface area contributed by atoms with Crippen LogP contribution in [-0.2, 0) is 20.6 Å². The number of thiazole rings is 1. The highest BCUT2D eigenvalue weighted by molar-refractivity contribution is 7.13. The first kappa shape index (κ1) is 14.6. The normalized spacial score (nSPS) is 11.4. The Kier molecular flexibility index (Phi) is 3.24. The van der Waals surface area contributed by atoms with Gasteiger partial charge in [-0.15, -0.1) is 11.3 Å². The Hall–Kier alpha value is -2.94. The summed E-state index contributed by atoms with van der Waals surface area (Å²) in [6.45, 7) is 0.401. The minimum absolute atomic E-state index is 0.365. The van der Waals surface area contributed by atoms with E-state index >= 15 is 0 Å². The molecule has 0 aliphatic heterocycles. The van der Waals surface area contributed by atoms with Crippen LogP contribution in [0, 0.1) is 0 Å². The predicted molar refractivity (Wildman–Crippen MR) is 89.1 cm³/mol. The maximum atomic E-state index is 12.4. The van der Waals surface area contributed by atoms with E-state index in [9.17, 15) is 9.59 Å². The van der Waals surface area contributed by atoms with Crippen LogP contribution in [0.3, 0.4) is 0 Å². The van der Waals surface area contributed by atoms with Crippen LogP contribution in [0.25, 0.3) is 21.7 Å². The third-order valence-corrected chi connectivity index (χ3v) is 4.81. The van der Waals surface area contributed by atoms with E-state index in [0.717, 1.165) is 20.8 Å². The fourth-order valence-corrected chi connectivity index (χ4v) is 3.39. The predicted octanol–water partition coefficient (Wildman–Crippen LogP) is 1.20. The first-order valence-electron chi connectivity index (χ1n) is 7.14. The van der Waals surface area contributed by atoms with E-state index in [-0.39, 0.29) is 5.56 Å². The van der Waals surface area contributed by atoms with Crippen molar-refractivity contribution in [3.8, 4) is 10.6 Å². The van der Waals surface area contributed by atoms with Crippen LogP contribution in [0.5, 0.6) is 0 Å². The zero-order valence-electron chi connectivity index (χ0n) is 13.0. The average molecular weight is 343 g/mol. The molecule has 4 heterocycles. The summed E-state index contributed by atoms with van der Waals surface area (Å²) in [6, 6.07) is 1.85. The molecule has 0 bridgehead atoms. The lowest BCUT2D eigenvalue weighted by atomic mass is 10.3. The summed E-state index contributed by atoms with van der Waals surface area (Å²) in [5.74, 6) is 0. The van der Waals surface area contributed by atoms with Gasteiger partial charge in [-0.25, -0.2) is 14.8 Å². The second kappa shape index (κ2) is 5.31. The Balaban J connectivity index is 1.79. The van der Waals surface area contributed by atoms with Crippen molar-refractivity contribution in [3.63, 3.8) is 0 Å². The molecule has 0 spiro atoms. The Morgan fingerprint density at radius 2 is 2.08 bits per heavy atom. The van der Waals surface area contributed by atoms with Crippen LogP contribution < -0.4 is 11.2 Å². The van der Waals surface area contributed by atoms with E-state index in [1.54, 1.807) is 30.5 Å². The van der Waals surface area contributed by atoms with Gasteiger partial charge in [-0.05, 0) is 6.07 Å². The molecular formula is C15H13N5O3S. The Bertz CT molecular complexity index is 1150. The van der Waals surface area contributed by atoms with E-state index in [1.807, 2.05) is 11.4 Å². The molecule has 4 aromatic heterocycles. The number of aryl methyl sites for hydroxylation is 1. The van der Waals surface area contributed by atoms with Gasteiger partial charge in [-0.2, -0.15) is 0 Å². The Morgan fingerprint density at radius 1 is 1.25 bits per heavy atom. The fraction of sp³-hybridized carbons (Fsp3) is 0.200. The number of furan rings is 1. The molecule has 0 amide bonds. The zero-order chi connectivity index (χ0) is 16.8. The highest BCUT2D eigenvalue weighted by Crippen LogP contribution is 2.24. The zero-order valence-corrected chi connectivity index (χ0v) is 13.8. The summed E-state index contributed by atoms with van der Waals surface area (Å²) in [4.78, 5) is 33.2. The van der Waals surface area contributed by atoms with Crippen molar-refractivity contribution in [3.05, 3.63) is 56.8 Å². The molecule has 0 aliphatic rings. The summed E-state index contributed by atoms with van der Waals surface area (Å²) >= 11 is 1.50. The van der Waals surface area contributed by atoms with Crippen LogP contribution in [0.1, 0.15) is 5.69 Å². The number of aromatic nitrogens is 5. The van der Waals surface area contributed by atoms with E-state index in [0.29, 0.717) is 17.7 Å². The van der Waals surface area contributed by atoms with Crippen molar-refractivity contribution in [1.82, 2.24) is 23.7 Å². The smallest absolute Gasteiger partial charge is 0.332 e. The summed E-state index contributed by atoms with van der Waals surface area (Å²) in [5, 5.41) is 2.78.